The zero-order chi connectivity index (χ0) is 13.5. The molecule has 4 rings (SSSR count). The molecule has 0 bridgehead atoms. The summed E-state index contributed by atoms with van der Waals surface area (Å²) in [5.74, 6) is 0.909. The maximum atomic E-state index is 5.24. The summed E-state index contributed by atoms with van der Waals surface area (Å²) >= 11 is 0. The SMILES string of the molecule is COc1ccc(-c2ccc3cccc4c3c2CC4)cc1. The molecule has 3 aromatic carbocycles. The molecule has 0 amide bonds. The van der Waals surface area contributed by atoms with E-state index in [1.165, 1.54) is 39.4 Å². The van der Waals surface area contributed by atoms with Crippen molar-refractivity contribution in [2.45, 2.75) is 12.8 Å². The van der Waals surface area contributed by atoms with Gasteiger partial charge in [-0.05, 0) is 58.0 Å². The quantitative estimate of drug-likeness (QED) is 0.653. The molecule has 0 atom stereocenters. The number of aryl methyl sites for hydroxylation is 2. The third kappa shape index (κ3) is 1.63. The van der Waals surface area contributed by atoms with Crippen LogP contribution in [0.1, 0.15) is 11.1 Å². The van der Waals surface area contributed by atoms with E-state index in [4.69, 9.17) is 4.74 Å². The van der Waals surface area contributed by atoms with Crippen molar-refractivity contribution in [3.8, 4) is 16.9 Å². The van der Waals surface area contributed by atoms with E-state index in [0.717, 1.165) is 12.2 Å². The van der Waals surface area contributed by atoms with Gasteiger partial charge in [-0.2, -0.15) is 0 Å². The second kappa shape index (κ2) is 4.38. The monoisotopic (exact) mass is 260 g/mol. The minimum atomic E-state index is 0.909. The predicted molar refractivity (Wildman–Crippen MR) is 83.3 cm³/mol. The van der Waals surface area contributed by atoms with E-state index in [1.54, 1.807) is 7.11 Å². The van der Waals surface area contributed by atoms with Crippen LogP contribution >= 0.6 is 0 Å². The lowest BCUT2D eigenvalue weighted by atomic mass is 9.95. The normalized spacial score (nSPS) is 12.8. The first-order valence-corrected chi connectivity index (χ1v) is 7.05. The fraction of sp³-hybridized carbons (Fsp3) is 0.158. The van der Waals surface area contributed by atoms with Crippen LogP contribution in [0.3, 0.4) is 0 Å². The fourth-order valence-electron chi connectivity index (χ4n) is 3.30. The molecule has 0 unspecified atom stereocenters. The molecule has 0 saturated heterocycles. The Balaban J connectivity index is 1.93. The van der Waals surface area contributed by atoms with E-state index in [9.17, 15) is 0 Å². The first-order chi connectivity index (χ1) is 9.86. The summed E-state index contributed by atoms with van der Waals surface area (Å²) in [4.78, 5) is 0. The van der Waals surface area contributed by atoms with Gasteiger partial charge >= 0.3 is 0 Å². The number of ether oxygens (including phenoxy) is 1. The molecule has 1 nitrogen and oxygen atoms in total. The first-order valence-electron chi connectivity index (χ1n) is 7.05. The highest BCUT2D eigenvalue weighted by molar-refractivity contribution is 5.96. The number of hydrogen-bond acceptors (Lipinski definition) is 1. The molecule has 3 aromatic rings. The third-order valence-corrected chi connectivity index (χ3v) is 4.28. The van der Waals surface area contributed by atoms with E-state index in [0.29, 0.717) is 0 Å². The van der Waals surface area contributed by atoms with Crippen LogP contribution in [0.25, 0.3) is 21.9 Å². The number of rotatable bonds is 2. The van der Waals surface area contributed by atoms with Gasteiger partial charge in [0, 0.05) is 0 Å². The van der Waals surface area contributed by atoms with Crippen molar-refractivity contribution >= 4 is 10.8 Å². The van der Waals surface area contributed by atoms with E-state index in [1.807, 2.05) is 12.1 Å². The zero-order valence-electron chi connectivity index (χ0n) is 11.5. The van der Waals surface area contributed by atoms with E-state index in [-0.39, 0.29) is 0 Å². The van der Waals surface area contributed by atoms with Gasteiger partial charge in [-0.15, -0.1) is 0 Å². The summed E-state index contributed by atoms with van der Waals surface area (Å²) in [6.07, 6.45) is 2.32. The van der Waals surface area contributed by atoms with E-state index < -0.39 is 0 Å². The number of benzene rings is 3. The molecule has 0 heterocycles. The lowest BCUT2D eigenvalue weighted by Crippen LogP contribution is -1.88. The summed E-state index contributed by atoms with van der Waals surface area (Å²) in [6, 6.07) is 19.5. The molecular formula is C19H16O. The number of hydrogen-bond donors (Lipinski definition) is 0. The van der Waals surface area contributed by atoms with Gasteiger partial charge in [0.05, 0.1) is 7.11 Å². The van der Waals surface area contributed by atoms with Gasteiger partial charge in [0.2, 0.25) is 0 Å². The molecule has 0 aromatic heterocycles. The second-order valence-electron chi connectivity index (χ2n) is 5.34. The largest absolute Gasteiger partial charge is 0.497 e. The summed E-state index contributed by atoms with van der Waals surface area (Å²) in [7, 11) is 1.71. The summed E-state index contributed by atoms with van der Waals surface area (Å²) < 4.78 is 5.24. The van der Waals surface area contributed by atoms with Crippen LogP contribution in [0, 0.1) is 0 Å². The molecular weight excluding hydrogens is 244 g/mol. The van der Waals surface area contributed by atoms with Gasteiger partial charge < -0.3 is 4.74 Å². The van der Waals surface area contributed by atoms with Gasteiger partial charge in [-0.3, -0.25) is 0 Å². The van der Waals surface area contributed by atoms with Crippen molar-refractivity contribution in [2.75, 3.05) is 7.11 Å². The minimum Gasteiger partial charge on any atom is -0.497 e. The summed E-state index contributed by atoms with van der Waals surface area (Å²) in [5.41, 5.74) is 5.64. The maximum Gasteiger partial charge on any atom is 0.118 e. The molecule has 0 fully saturated rings. The van der Waals surface area contributed by atoms with Crippen LogP contribution in [0.5, 0.6) is 5.75 Å². The Kier molecular flexibility index (Phi) is 2.53. The predicted octanol–water partition coefficient (Wildman–Crippen LogP) is 4.61. The summed E-state index contributed by atoms with van der Waals surface area (Å²) in [6.45, 7) is 0. The first kappa shape index (κ1) is 11.5. The second-order valence-corrected chi connectivity index (χ2v) is 5.34. The molecule has 1 heteroatoms. The van der Waals surface area contributed by atoms with Crippen molar-refractivity contribution in [1.29, 1.82) is 0 Å². The molecule has 20 heavy (non-hydrogen) atoms. The van der Waals surface area contributed by atoms with Gasteiger partial charge in [0.1, 0.15) is 5.75 Å². The average Bonchev–Trinajstić information content (AvgIpc) is 2.94. The molecule has 1 aliphatic carbocycles. The van der Waals surface area contributed by atoms with Crippen LogP contribution in [-0.2, 0) is 12.8 Å². The standard InChI is InChI=1S/C19H16O/c1-20-16-9-5-13(6-10-16)17-11-7-14-3-2-4-15-8-12-18(17)19(14)15/h2-7,9-11H,8,12H2,1H3. The van der Waals surface area contributed by atoms with Crippen LogP contribution in [-0.4, -0.2) is 7.11 Å². The minimum absolute atomic E-state index is 0.909. The Labute approximate surface area is 118 Å². The van der Waals surface area contributed by atoms with Crippen molar-refractivity contribution in [3.63, 3.8) is 0 Å². The van der Waals surface area contributed by atoms with E-state index >= 15 is 0 Å². The highest BCUT2D eigenvalue weighted by Gasteiger charge is 2.17. The van der Waals surface area contributed by atoms with Crippen LogP contribution in [0.15, 0.2) is 54.6 Å². The Morgan fingerprint density at radius 3 is 2.50 bits per heavy atom. The van der Waals surface area contributed by atoms with Gasteiger partial charge in [-0.25, -0.2) is 0 Å². The topological polar surface area (TPSA) is 9.23 Å². The van der Waals surface area contributed by atoms with E-state index in [2.05, 4.69) is 42.5 Å². The van der Waals surface area contributed by atoms with Crippen molar-refractivity contribution in [1.82, 2.24) is 0 Å². The Hall–Kier alpha value is -2.28. The van der Waals surface area contributed by atoms with Crippen LogP contribution in [0.2, 0.25) is 0 Å². The van der Waals surface area contributed by atoms with Crippen molar-refractivity contribution < 1.29 is 4.74 Å². The number of methoxy groups -OCH3 is 1. The van der Waals surface area contributed by atoms with Gasteiger partial charge in [-0.1, -0.05) is 42.5 Å². The molecule has 0 saturated carbocycles. The molecule has 0 aliphatic heterocycles. The van der Waals surface area contributed by atoms with Gasteiger partial charge in [0.25, 0.3) is 0 Å². The highest BCUT2D eigenvalue weighted by Crippen LogP contribution is 2.37. The molecule has 0 radical (unpaired) electrons. The smallest absolute Gasteiger partial charge is 0.118 e. The Morgan fingerprint density at radius 1 is 0.850 bits per heavy atom. The fourth-order valence-corrected chi connectivity index (χ4v) is 3.30. The average molecular weight is 260 g/mol. The van der Waals surface area contributed by atoms with Crippen molar-refractivity contribution in [2.24, 2.45) is 0 Å². The summed E-state index contributed by atoms with van der Waals surface area (Å²) in [5, 5.41) is 2.84. The molecule has 98 valence electrons. The Bertz CT molecular complexity index is 785. The van der Waals surface area contributed by atoms with Gasteiger partial charge in [0.15, 0.2) is 0 Å². The molecule has 0 N–H and O–H groups in total. The van der Waals surface area contributed by atoms with Crippen LogP contribution in [0.4, 0.5) is 0 Å². The maximum absolute atomic E-state index is 5.24. The van der Waals surface area contributed by atoms with Crippen LogP contribution < -0.4 is 4.74 Å². The Morgan fingerprint density at radius 2 is 1.70 bits per heavy atom. The molecule has 1 aliphatic rings. The van der Waals surface area contributed by atoms with Crippen molar-refractivity contribution in [3.05, 3.63) is 65.7 Å². The lowest BCUT2D eigenvalue weighted by molar-refractivity contribution is 0.415. The zero-order valence-corrected chi connectivity index (χ0v) is 11.5. The molecule has 0 spiro atoms. The highest BCUT2D eigenvalue weighted by atomic mass is 16.5. The lowest BCUT2D eigenvalue weighted by Gasteiger charge is -2.10. The third-order valence-electron chi connectivity index (χ3n) is 4.28.